The van der Waals surface area contributed by atoms with E-state index in [2.05, 4.69) is 16.0 Å². The van der Waals surface area contributed by atoms with Gasteiger partial charge in [0.2, 0.25) is 5.89 Å². The molecule has 1 aromatic carbocycles. The number of rotatable bonds is 4. The lowest BCUT2D eigenvalue weighted by Gasteiger charge is -2.10. The summed E-state index contributed by atoms with van der Waals surface area (Å²) >= 11 is 1.53. The zero-order valence-corrected chi connectivity index (χ0v) is 15.6. The third-order valence-corrected chi connectivity index (χ3v) is 5.32. The first kappa shape index (κ1) is 17.2. The Morgan fingerprint density at radius 1 is 1.04 bits per heavy atom. The molecule has 0 aliphatic heterocycles. The second kappa shape index (κ2) is 7.12. The highest BCUT2D eigenvalue weighted by molar-refractivity contribution is 7.98. The summed E-state index contributed by atoms with van der Waals surface area (Å²) in [4.78, 5) is 9.21. The summed E-state index contributed by atoms with van der Waals surface area (Å²) < 4.78 is 5.80. The normalized spacial score (nSPS) is 10.7. The first-order valence-electron chi connectivity index (χ1n) is 8.03. The Kier molecular flexibility index (Phi) is 4.91. The first-order valence-corrected chi connectivity index (χ1v) is 9.02. The van der Waals surface area contributed by atoms with Crippen molar-refractivity contribution in [3.63, 3.8) is 0 Å². The van der Waals surface area contributed by atoms with E-state index in [1.54, 1.807) is 0 Å². The summed E-state index contributed by atoms with van der Waals surface area (Å²) in [6, 6.07) is 12.1. The largest absolute Gasteiger partial charge is 0.441 e. The maximum atomic E-state index is 9.48. The second-order valence-corrected chi connectivity index (χ2v) is 6.88. The van der Waals surface area contributed by atoms with E-state index in [-0.39, 0.29) is 0 Å². The van der Waals surface area contributed by atoms with Gasteiger partial charge in [-0.3, -0.25) is 0 Å². The predicted molar refractivity (Wildman–Crippen MR) is 99.4 cm³/mol. The molecule has 5 heteroatoms. The quantitative estimate of drug-likeness (QED) is 0.611. The molecule has 0 bridgehead atoms. The van der Waals surface area contributed by atoms with E-state index in [0.717, 1.165) is 38.9 Å². The molecular weight excluding hydrogens is 330 g/mol. The molecule has 25 heavy (non-hydrogen) atoms. The Morgan fingerprint density at radius 3 is 2.44 bits per heavy atom. The highest BCUT2D eigenvalue weighted by Gasteiger charge is 2.16. The Hall–Kier alpha value is -2.58. The number of aromatic nitrogens is 2. The van der Waals surface area contributed by atoms with Crippen molar-refractivity contribution in [3.8, 4) is 17.5 Å². The molecule has 0 atom stereocenters. The Balaban J connectivity index is 1.86. The van der Waals surface area contributed by atoms with Crippen LogP contribution < -0.4 is 0 Å². The topological polar surface area (TPSA) is 62.7 Å². The van der Waals surface area contributed by atoms with Crippen LogP contribution in [0.2, 0.25) is 0 Å². The van der Waals surface area contributed by atoms with Crippen LogP contribution in [0.25, 0.3) is 11.5 Å². The molecule has 0 saturated carbocycles. The van der Waals surface area contributed by atoms with E-state index in [0.29, 0.717) is 17.2 Å². The number of oxazole rings is 1. The van der Waals surface area contributed by atoms with Gasteiger partial charge < -0.3 is 4.42 Å². The van der Waals surface area contributed by atoms with Gasteiger partial charge in [0.1, 0.15) is 16.9 Å². The monoisotopic (exact) mass is 349 g/mol. The fourth-order valence-electron chi connectivity index (χ4n) is 2.55. The lowest BCUT2D eigenvalue weighted by Crippen LogP contribution is -1.99. The zero-order valence-electron chi connectivity index (χ0n) is 14.8. The van der Waals surface area contributed by atoms with Crippen LogP contribution in [0.4, 0.5) is 0 Å². The molecule has 0 saturated heterocycles. The molecule has 0 aliphatic rings. The zero-order chi connectivity index (χ0) is 18.0. The number of hydrogen-bond acceptors (Lipinski definition) is 5. The molecule has 126 valence electrons. The van der Waals surface area contributed by atoms with Gasteiger partial charge in [0.15, 0.2) is 0 Å². The standard InChI is InChI=1S/C20H19N3OS/c1-12-13(2)17(10-21)20(22-14(12)3)25-11-18-15(4)24-19(23-18)16-8-6-5-7-9-16/h5-9H,11H2,1-4H3. The van der Waals surface area contributed by atoms with Crippen LogP contribution in [0.3, 0.4) is 0 Å². The van der Waals surface area contributed by atoms with Gasteiger partial charge in [0.05, 0.1) is 11.3 Å². The van der Waals surface area contributed by atoms with E-state index < -0.39 is 0 Å². The van der Waals surface area contributed by atoms with Crippen LogP contribution in [0.1, 0.15) is 33.8 Å². The van der Waals surface area contributed by atoms with Gasteiger partial charge in [-0.05, 0) is 51.0 Å². The molecule has 0 amide bonds. The molecule has 0 radical (unpaired) electrons. The minimum Gasteiger partial charge on any atom is -0.441 e. The number of nitriles is 1. The Labute approximate surface area is 151 Å². The lowest BCUT2D eigenvalue weighted by atomic mass is 10.1. The van der Waals surface area contributed by atoms with Crippen LogP contribution in [0.15, 0.2) is 39.8 Å². The van der Waals surface area contributed by atoms with Crippen molar-refractivity contribution in [1.82, 2.24) is 9.97 Å². The second-order valence-electron chi connectivity index (χ2n) is 5.92. The molecule has 3 rings (SSSR count). The molecule has 4 nitrogen and oxygen atoms in total. The number of benzene rings is 1. The number of pyridine rings is 1. The lowest BCUT2D eigenvalue weighted by molar-refractivity contribution is 0.540. The van der Waals surface area contributed by atoms with Crippen LogP contribution in [0.5, 0.6) is 0 Å². The molecular formula is C20H19N3OS. The highest BCUT2D eigenvalue weighted by Crippen LogP contribution is 2.30. The SMILES string of the molecule is Cc1nc(SCc2nc(-c3ccccc3)oc2C)c(C#N)c(C)c1C. The van der Waals surface area contributed by atoms with E-state index in [1.807, 2.05) is 58.0 Å². The van der Waals surface area contributed by atoms with Gasteiger partial charge in [-0.25, -0.2) is 9.97 Å². The minimum atomic E-state index is 0.617. The number of hydrogen-bond donors (Lipinski definition) is 0. The van der Waals surface area contributed by atoms with E-state index in [1.165, 1.54) is 11.8 Å². The van der Waals surface area contributed by atoms with Crippen molar-refractivity contribution < 1.29 is 4.42 Å². The average Bonchev–Trinajstić information content (AvgIpc) is 2.99. The van der Waals surface area contributed by atoms with E-state index in [9.17, 15) is 5.26 Å². The number of thioether (sulfide) groups is 1. The first-order chi connectivity index (χ1) is 12.0. The van der Waals surface area contributed by atoms with E-state index >= 15 is 0 Å². The maximum Gasteiger partial charge on any atom is 0.226 e. The van der Waals surface area contributed by atoms with Crippen LogP contribution in [-0.2, 0) is 5.75 Å². The molecule has 0 aliphatic carbocycles. The van der Waals surface area contributed by atoms with Crippen LogP contribution in [0, 0.1) is 39.0 Å². The highest BCUT2D eigenvalue weighted by atomic mass is 32.2. The number of nitrogens with zero attached hydrogens (tertiary/aromatic N) is 3. The van der Waals surface area contributed by atoms with Crippen molar-refractivity contribution >= 4 is 11.8 Å². The predicted octanol–water partition coefficient (Wildman–Crippen LogP) is 5.13. The summed E-state index contributed by atoms with van der Waals surface area (Å²) in [5.41, 5.74) is 5.52. The number of aryl methyl sites for hydroxylation is 2. The van der Waals surface area contributed by atoms with E-state index in [4.69, 9.17) is 4.42 Å². The van der Waals surface area contributed by atoms with Crippen LogP contribution >= 0.6 is 11.8 Å². The maximum absolute atomic E-state index is 9.48. The molecule has 0 spiro atoms. The van der Waals surface area contributed by atoms with Crippen molar-refractivity contribution in [3.05, 3.63) is 64.2 Å². The van der Waals surface area contributed by atoms with Gasteiger partial charge in [-0.1, -0.05) is 30.0 Å². The van der Waals surface area contributed by atoms with Crippen molar-refractivity contribution in [1.29, 1.82) is 5.26 Å². The van der Waals surface area contributed by atoms with Gasteiger partial charge in [0.25, 0.3) is 0 Å². The Morgan fingerprint density at radius 2 is 1.76 bits per heavy atom. The summed E-state index contributed by atoms with van der Waals surface area (Å²) in [7, 11) is 0. The third kappa shape index (κ3) is 3.45. The summed E-state index contributed by atoms with van der Waals surface area (Å²) in [6.45, 7) is 7.87. The molecule has 0 unspecified atom stereocenters. The molecule has 0 fully saturated rings. The summed E-state index contributed by atoms with van der Waals surface area (Å²) in [5, 5.41) is 10.2. The molecule has 0 N–H and O–H groups in total. The fourth-order valence-corrected chi connectivity index (χ4v) is 3.64. The fraction of sp³-hybridized carbons (Fsp3) is 0.250. The average molecular weight is 349 g/mol. The summed E-state index contributed by atoms with van der Waals surface area (Å²) in [6.07, 6.45) is 0. The van der Waals surface area contributed by atoms with Gasteiger partial charge in [-0.2, -0.15) is 5.26 Å². The van der Waals surface area contributed by atoms with Gasteiger partial charge >= 0.3 is 0 Å². The molecule has 3 aromatic rings. The van der Waals surface area contributed by atoms with Gasteiger partial charge in [0, 0.05) is 17.0 Å². The Bertz CT molecular complexity index is 955. The van der Waals surface area contributed by atoms with Crippen molar-refractivity contribution in [2.45, 2.75) is 38.5 Å². The van der Waals surface area contributed by atoms with Crippen LogP contribution in [-0.4, -0.2) is 9.97 Å². The smallest absolute Gasteiger partial charge is 0.226 e. The van der Waals surface area contributed by atoms with Crippen molar-refractivity contribution in [2.75, 3.05) is 0 Å². The van der Waals surface area contributed by atoms with Gasteiger partial charge in [-0.15, -0.1) is 0 Å². The van der Waals surface area contributed by atoms with Crippen molar-refractivity contribution in [2.24, 2.45) is 0 Å². The molecule has 2 aromatic heterocycles. The minimum absolute atomic E-state index is 0.617. The molecule has 2 heterocycles. The third-order valence-electron chi connectivity index (χ3n) is 4.33. The summed E-state index contributed by atoms with van der Waals surface area (Å²) in [5.74, 6) is 2.04.